The van der Waals surface area contributed by atoms with Crippen LogP contribution in [-0.4, -0.2) is 60.3 Å². The number of benzene rings is 2. The van der Waals surface area contributed by atoms with E-state index >= 15 is 0 Å². The van der Waals surface area contributed by atoms with E-state index in [0.29, 0.717) is 24.7 Å². The summed E-state index contributed by atoms with van der Waals surface area (Å²) in [5.74, 6) is 1.47. The molecule has 6 rings (SSSR count). The van der Waals surface area contributed by atoms with Crippen LogP contribution < -0.4 is 5.32 Å². The summed E-state index contributed by atoms with van der Waals surface area (Å²) in [6, 6.07) is 18.2. The number of aromatic nitrogens is 4. The zero-order chi connectivity index (χ0) is 29.4. The number of hydrogen-bond acceptors (Lipinski definition) is 5. The third kappa shape index (κ3) is 7.54. The van der Waals surface area contributed by atoms with Crippen LogP contribution in [0.3, 0.4) is 0 Å². The maximum absolute atomic E-state index is 13.7. The molecule has 3 N–H and O–H groups in total. The van der Waals surface area contributed by atoms with Gasteiger partial charge in [-0.15, -0.1) is 0 Å². The molecule has 2 fully saturated rings. The molecule has 0 spiro atoms. The molecule has 2 heterocycles. The van der Waals surface area contributed by atoms with E-state index < -0.39 is 0 Å². The summed E-state index contributed by atoms with van der Waals surface area (Å²) < 4.78 is 0. The molecule has 4 aromatic rings. The first-order chi connectivity index (χ1) is 21.2. The molecule has 0 bridgehead atoms. The van der Waals surface area contributed by atoms with Crippen LogP contribution in [0.1, 0.15) is 98.7 Å². The average molecular weight is 582 g/mol. The van der Waals surface area contributed by atoms with Gasteiger partial charge in [0.05, 0.1) is 24.1 Å². The van der Waals surface area contributed by atoms with E-state index in [1.807, 2.05) is 36.4 Å². The van der Waals surface area contributed by atoms with Crippen LogP contribution in [0.25, 0.3) is 11.0 Å². The number of aromatic amines is 2. The third-order valence-electron chi connectivity index (χ3n) is 9.45. The van der Waals surface area contributed by atoms with E-state index in [0.717, 1.165) is 41.3 Å². The van der Waals surface area contributed by atoms with Crippen LogP contribution in [-0.2, 0) is 19.6 Å². The van der Waals surface area contributed by atoms with Gasteiger partial charge in [0.1, 0.15) is 11.6 Å². The minimum absolute atomic E-state index is 0.0377. The summed E-state index contributed by atoms with van der Waals surface area (Å²) >= 11 is 0. The summed E-state index contributed by atoms with van der Waals surface area (Å²) in [4.78, 5) is 33.9. The normalized spacial score (nSPS) is 19.7. The van der Waals surface area contributed by atoms with E-state index in [1.54, 1.807) is 17.3 Å². The first-order valence-corrected chi connectivity index (χ1v) is 16.5. The Hall–Kier alpha value is -3.49. The van der Waals surface area contributed by atoms with Crippen molar-refractivity contribution in [1.82, 2.24) is 35.1 Å². The van der Waals surface area contributed by atoms with E-state index in [2.05, 4.69) is 44.2 Å². The molecule has 2 aromatic heterocycles. The van der Waals surface area contributed by atoms with Crippen LogP contribution >= 0.6 is 0 Å². The second kappa shape index (κ2) is 14.3. The Morgan fingerprint density at radius 3 is 2.37 bits per heavy atom. The number of fused-ring (bicyclic) bond motifs is 1. The summed E-state index contributed by atoms with van der Waals surface area (Å²) in [6.07, 6.45) is 16.9. The maximum Gasteiger partial charge on any atom is 0.254 e. The SMILES string of the molecule is CCCN(C1CCCCC1)C1CCC(NCc2ccc(C(=O)N(Cc3ncc[nH]3)Cc3nc4ccccc4[nH]3)cc2)CC1. The lowest BCUT2D eigenvalue weighted by Crippen LogP contribution is -2.48. The second-order valence-electron chi connectivity index (χ2n) is 12.5. The largest absolute Gasteiger partial charge is 0.347 e. The first kappa shape index (κ1) is 29.6. The fourth-order valence-electron chi connectivity index (χ4n) is 7.18. The Bertz CT molecular complexity index is 1380. The van der Waals surface area contributed by atoms with Crippen molar-refractivity contribution >= 4 is 16.9 Å². The molecule has 43 heavy (non-hydrogen) atoms. The highest BCUT2D eigenvalue weighted by Crippen LogP contribution is 2.30. The quantitative estimate of drug-likeness (QED) is 0.176. The molecule has 2 saturated carbocycles. The number of carbonyl (C=O) groups excluding carboxylic acids is 1. The van der Waals surface area contributed by atoms with Crippen LogP contribution in [0.2, 0.25) is 0 Å². The van der Waals surface area contributed by atoms with Gasteiger partial charge in [-0.05, 0) is 81.3 Å². The van der Waals surface area contributed by atoms with Gasteiger partial charge in [0, 0.05) is 42.6 Å². The third-order valence-corrected chi connectivity index (χ3v) is 9.45. The number of hydrogen-bond donors (Lipinski definition) is 3. The average Bonchev–Trinajstić information content (AvgIpc) is 3.73. The van der Waals surface area contributed by atoms with Crippen molar-refractivity contribution in [3.8, 4) is 0 Å². The molecule has 8 heteroatoms. The van der Waals surface area contributed by atoms with E-state index in [4.69, 9.17) is 4.98 Å². The van der Waals surface area contributed by atoms with Crippen molar-refractivity contribution in [2.45, 2.75) is 109 Å². The summed E-state index contributed by atoms with van der Waals surface area (Å²) in [5.41, 5.74) is 3.75. The van der Waals surface area contributed by atoms with Gasteiger partial charge in [-0.3, -0.25) is 9.69 Å². The Labute approximate surface area is 255 Å². The number of para-hydroxylation sites is 2. The van der Waals surface area contributed by atoms with E-state index in [9.17, 15) is 4.79 Å². The molecule has 2 aliphatic rings. The smallest absolute Gasteiger partial charge is 0.254 e. The van der Waals surface area contributed by atoms with Crippen LogP contribution in [0.4, 0.5) is 0 Å². The molecule has 228 valence electrons. The van der Waals surface area contributed by atoms with Crippen LogP contribution in [0.15, 0.2) is 60.9 Å². The number of imidazole rings is 2. The Morgan fingerprint density at radius 2 is 1.65 bits per heavy atom. The molecule has 1 amide bonds. The number of nitrogens with zero attached hydrogens (tertiary/aromatic N) is 4. The van der Waals surface area contributed by atoms with Crippen molar-refractivity contribution in [2.75, 3.05) is 6.54 Å². The van der Waals surface area contributed by atoms with E-state index in [-0.39, 0.29) is 5.91 Å². The standard InChI is InChI=1S/C35H47N7O/c1-2-22-42(29-8-4-3-5-9-29)30-18-16-28(17-19-30)38-23-26-12-14-27(15-13-26)35(43)41(24-33-36-20-21-37-33)25-34-39-31-10-6-7-11-32(31)40-34/h6-7,10-15,20-21,28-30,38H,2-5,8-9,16-19,22-25H2,1H3,(H,36,37)(H,39,40). The Kier molecular flexibility index (Phi) is 9.85. The highest BCUT2D eigenvalue weighted by Gasteiger charge is 2.30. The van der Waals surface area contributed by atoms with Crippen LogP contribution in [0.5, 0.6) is 0 Å². The van der Waals surface area contributed by atoms with Crippen molar-refractivity contribution in [3.63, 3.8) is 0 Å². The highest BCUT2D eigenvalue weighted by molar-refractivity contribution is 5.94. The molecule has 8 nitrogen and oxygen atoms in total. The van der Waals surface area contributed by atoms with Gasteiger partial charge >= 0.3 is 0 Å². The molecule has 0 aliphatic heterocycles. The summed E-state index contributed by atoms with van der Waals surface area (Å²) in [7, 11) is 0. The number of amides is 1. The maximum atomic E-state index is 13.7. The molecule has 0 saturated heterocycles. The van der Waals surface area contributed by atoms with Gasteiger partial charge in [-0.1, -0.05) is 50.5 Å². The summed E-state index contributed by atoms with van der Waals surface area (Å²) in [5, 5.41) is 3.82. The predicted octanol–water partition coefficient (Wildman–Crippen LogP) is 6.57. The monoisotopic (exact) mass is 581 g/mol. The number of H-pyrrole nitrogens is 2. The van der Waals surface area contributed by atoms with Crippen molar-refractivity contribution in [1.29, 1.82) is 0 Å². The first-order valence-electron chi connectivity index (χ1n) is 16.5. The molecular weight excluding hydrogens is 534 g/mol. The van der Waals surface area contributed by atoms with Gasteiger partial charge in [0.2, 0.25) is 0 Å². The van der Waals surface area contributed by atoms with Gasteiger partial charge < -0.3 is 20.2 Å². The minimum Gasteiger partial charge on any atom is -0.347 e. The van der Waals surface area contributed by atoms with Crippen molar-refractivity contribution in [3.05, 3.63) is 83.7 Å². The van der Waals surface area contributed by atoms with Gasteiger partial charge in [-0.25, -0.2) is 9.97 Å². The number of rotatable bonds is 12. The van der Waals surface area contributed by atoms with Gasteiger partial charge in [-0.2, -0.15) is 0 Å². The molecule has 0 radical (unpaired) electrons. The lowest BCUT2D eigenvalue weighted by Gasteiger charge is -2.43. The summed E-state index contributed by atoms with van der Waals surface area (Å²) in [6.45, 7) is 5.18. The van der Waals surface area contributed by atoms with Gasteiger partial charge in [0.15, 0.2) is 0 Å². The zero-order valence-electron chi connectivity index (χ0n) is 25.6. The molecule has 2 aromatic carbocycles. The molecule has 0 atom stereocenters. The van der Waals surface area contributed by atoms with Gasteiger partial charge in [0.25, 0.3) is 5.91 Å². The van der Waals surface area contributed by atoms with E-state index in [1.165, 1.54) is 76.3 Å². The number of nitrogens with one attached hydrogen (secondary N) is 3. The van der Waals surface area contributed by atoms with Crippen molar-refractivity contribution < 1.29 is 4.79 Å². The molecule has 2 aliphatic carbocycles. The zero-order valence-corrected chi connectivity index (χ0v) is 25.6. The fourth-order valence-corrected chi connectivity index (χ4v) is 7.18. The fraction of sp³-hybridized carbons (Fsp3) is 0.514. The Morgan fingerprint density at radius 1 is 0.907 bits per heavy atom. The lowest BCUT2D eigenvalue weighted by molar-refractivity contribution is 0.0721. The molecular formula is C35H47N7O. The second-order valence-corrected chi connectivity index (χ2v) is 12.5. The highest BCUT2D eigenvalue weighted by atomic mass is 16.2. The van der Waals surface area contributed by atoms with Crippen LogP contribution in [0, 0.1) is 0 Å². The van der Waals surface area contributed by atoms with Crippen molar-refractivity contribution in [2.24, 2.45) is 0 Å². The number of carbonyl (C=O) groups is 1. The predicted molar refractivity (Wildman–Crippen MR) is 171 cm³/mol. The molecule has 0 unspecified atom stereocenters. The topological polar surface area (TPSA) is 92.9 Å². The minimum atomic E-state index is -0.0377. The Balaban J connectivity index is 1.03. The lowest BCUT2D eigenvalue weighted by atomic mass is 9.86.